The summed E-state index contributed by atoms with van der Waals surface area (Å²) >= 11 is 0. The number of nitrogens with one attached hydrogen (secondary N) is 2. The number of carbonyl (C=O) groups is 3. The van der Waals surface area contributed by atoms with Gasteiger partial charge in [-0.2, -0.15) is 0 Å². The first-order chi connectivity index (χ1) is 14.6. The Morgan fingerprint density at radius 1 is 1.17 bits per heavy atom. The van der Waals surface area contributed by atoms with E-state index in [-0.39, 0.29) is 24.3 Å². The van der Waals surface area contributed by atoms with E-state index in [1.165, 1.54) is 6.20 Å². The number of nitrogens with zero attached hydrogens (tertiary/aromatic N) is 3. The second kappa shape index (κ2) is 7.44. The van der Waals surface area contributed by atoms with Crippen molar-refractivity contribution < 1.29 is 14.4 Å². The van der Waals surface area contributed by atoms with Gasteiger partial charge in [-0.15, -0.1) is 0 Å². The molecule has 0 radical (unpaired) electrons. The number of carbonyl (C=O) groups excluding carboxylic acids is 3. The first kappa shape index (κ1) is 18.6. The third-order valence-corrected chi connectivity index (χ3v) is 5.78. The van der Waals surface area contributed by atoms with Gasteiger partial charge in [-0.25, -0.2) is 4.98 Å². The summed E-state index contributed by atoms with van der Waals surface area (Å²) in [5, 5.41) is 5.89. The standard InChI is InChI=1S/C22H23N5O3/c28-19-2-1-9-26(19)17-7-5-16(6-8-17)25-22(30)15-10-18-21(23-11-15)24-12-20(29)27(18)13-14-3-4-14/h5-8,10-11,14H,1-4,9,12-13H2,(H,23,24)(H,25,30). The fourth-order valence-corrected chi connectivity index (χ4v) is 3.92. The van der Waals surface area contributed by atoms with Crippen molar-refractivity contribution in [2.24, 2.45) is 5.92 Å². The highest BCUT2D eigenvalue weighted by atomic mass is 16.2. The molecule has 8 heteroatoms. The normalized spacial score (nSPS) is 18.3. The molecular formula is C22H23N5O3. The van der Waals surface area contributed by atoms with E-state index < -0.39 is 0 Å². The van der Waals surface area contributed by atoms with Gasteiger partial charge in [0.15, 0.2) is 0 Å². The van der Waals surface area contributed by atoms with Crippen molar-refractivity contribution in [1.82, 2.24) is 4.98 Å². The lowest BCUT2D eigenvalue weighted by Crippen LogP contribution is -2.41. The highest BCUT2D eigenvalue weighted by Gasteiger charge is 2.32. The van der Waals surface area contributed by atoms with Gasteiger partial charge in [0.25, 0.3) is 5.91 Å². The largest absolute Gasteiger partial charge is 0.359 e. The molecule has 0 atom stereocenters. The van der Waals surface area contributed by atoms with Crippen LogP contribution in [0.15, 0.2) is 36.5 Å². The SMILES string of the molecule is O=C(Nc1ccc(N2CCCC2=O)cc1)c1cnc2c(c1)N(CC1CC1)C(=O)CN2. The molecule has 1 aromatic heterocycles. The zero-order valence-corrected chi connectivity index (χ0v) is 16.6. The lowest BCUT2D eigenvalue weighted by atomic mass is 10.1. The molecule has 0 bridgehead atoms. The van der Waals surface area contributed by atoms with E-state index in [0.29, 0.717) is 41.6 Å². The summed E-state index contributed by atoms with van der Waals surface area (Å²) in [5.74, 6) is 1.01. The number of hydrogen-bond donors (Lipinski definition) is 2. The molecule has 3 amide bonds. The van der Waals surface area contributed by atoms with E-state index in [1.807, 2.05) is 12.1 Å². The summed E-state index contributed by atoms with van der Waals surface area (Å²) in [6.45, 7) is 1.64. The Morgan fingerprint density at radius 2 is 1.97 bits per heavy atom. The maximum absolute atomic E-state index is 12.8. The molecule has 0 spiro atoms. The van der Waals surface area contributed by atoms with Gasteiger partial charge in [-0.3, -0.25) is 14.4 Å². The fraction of sp³-hybridized carbons (Fsp3) is 0.364. The predicted molar refractivity (Wildman–Crippen MR) is 114 cm³/mol. The Kier molecular flexibility index (Phi) is 4.61. The van der Waals surface area contributed by atoms with E-state index in [9.17, 15) is 14.4 Å². The second-order valence-corrected chi connectivity index (χ2v) is 8.04. The van der Waals surface area contributed by atoms with Crippen LogP contribution in [0.3, 0.4) is 0 Å². The number of rotatable bonds is 5. The number of pyridine rings is 1. The molecule has 1 saturated heterocycles. The summed E-state index contributed by atoms with van der Waals surface area (Å²) in [4.78, 5) is 44.9. The number of amides is 3. The van der Waals surface area contributed by atoms with Crippen molar-refractivity contribution in [3.63, 3.8) is 0 Å². The molecule has 3 heterocycles. The minimum atomic E-state index is -0.292. The third-order valence-electron chi connectivity index (χ3n) is 5.78. The van der Waals surface area contributed by atoms with Crippen molar-refractivity contribution in [3.05, 3.63) is 42.1 Å². The van der Waals surface area contributed by atoms with Gasteiger partial charge in [-0.1, -0.05) is 0 Å². The molecule has 2 fully saturated rings. The monoisotopic (exact) mass is 405 g/mol. The van der Waals surface area contributed by atoms with Gasteiger partial charge in [0.1, 0.15) is 5.82 Å². The molecule has 2 aliphatic heterocycles. The Hall–Kier alpha value is -3.42. The van der Waals surface area contributed by atoms with E-state index in [0.717, 1.165) is 31.5 Å². The van der Waals surface area contributed by atoms with Crippen LogP contribution in [-0.2, 0) is 9.59 Å². The first-order valence-electron chi connectivity index (χ1n) is 10.3. The maximum Gasteiger partial charge on any atom is 0.257 e. The highest BCUT2D eigenvalue weighted by Crippen LogP contribution is 2.35. The molecule has 2 aromatic rings. The second-order valence-electron chi connectivity index (χ2n) is 8.04. The van der Waals surface area contributed by atoms with Crippen LogP contribution in [0.25, 0.3) is 0 Å². The van der Waals surface area contributed by atoms with Crippen LogP contribution >= 0.6 is 0 Å². The van der Waals surface area contributed by atoms with Crippen molar-refractivity contribution >= 4 is 40.6 Å². The maximum atomic E-state index is 12.8. The molecule has 3 aliphatic rings. The zero-order chi connectivity index (χ0) is 20.7. The van der Waals surface area contributed by atoms with Crippen molar-refractivity contribution in [2.45, 2.75) is 25.7 Å². The molecule has 1 saturated carbocycles. The van der Waals surface area contributed by atoms with Gasteiger partial charge in [0.05, 0.1) is 17.8 Å². The summed E-state index contributed by atoms with van der Waals surface area (Å²) in [5.41, 5.74) is 2.53. The summed E-state index contributed by atoms with van der Waals surface area (Å²) < 4.78 is 0. The molecule has 1 aliphatic carbocycles. The topological polar surface area (TPSA) is 94.6 Å². The average molecular weight is 405 g/mol. The number of fused-ring (bicyclic) bond motifs is 1. The van der Waals surface area contributed by atoms with E-state index in [4.69, 9.17) is 0 Å². The molecule has 2 N–H and O–H groups in total. The van der Waals surface area contributed by atoms with Crippen LogP contribution in [0.5, 0.6) is 0 Å². The van der Waals surface area contributed by atoms with Crippen LogP contribution in [0, 0.1) is 5.92 Å². The Morgan fingerprint density at radius 3 is 2.67 bits per heavy atom. The van der Waals surface area contributed by atoms with Crippen molar-refractivity contribution in [1.29, 1.82) is 0 Å². The molecular weight excluding hydrogens is 382 g/mol. The molecule has 154 valence electrons. The number of benzene rings is 1. The van der Waals surface area contributed by atoms with E-state index >= 15 is 0 Å². The van der Waals surface area contributed by atoms with Crippen LogP contribution in [-0.4, -0.2) is 42.3 Å². The predicted octanol–water partition coefficient (Wildman–Crippen LogP) is 2.63. The molecule has 30 heavy (non-hydrogen) atoms. The van der Waals surface area contributed by atoms with Crippen LogP contribution in [0.1, 0.15) is 36.0 Å². The van der Waals surface area contributed by atoms with E-state index in [1.54, 1.807) is 28.0 Å². The Labute approximate surface area is 174 Å². The molecule has 0 unspecified atom stereocenters. The number of anilines is 4. The average Bonchev–Trinajstić information content (AvgIpc) is 3.48. The van der Waals surface area contributed by atoms with Gasteiger partial charge in [0, 0.05) is 37.1 Å². The van der Waals surface area contributed by atoms with E-state index in [2.05, 4.69) is 15.6 Å². The number of hydrogen-bond acceptors (Lipinski definition) is 5. The van der Waals surface area contributed by atoms with Crippen molar-refractivity contribution in [2.75, 3.05) is 40.1 Å². The lowest BCUT2D eigenvalue weighted by molar-refractivity contribution is -0.117. The van der Waals surface area contributed by atoms with Gasteiger partial charge < -0.3 is 20.4 Å². The molecule has 8 nitrogen and oxygen atoms in total. The lowest BCUT2D eigenvalue weighted by Gasteiger charge is -2.29. The zero-order valence-electron chi connectivity index (χ0n) is 16.6. The quantitative estimate of drug-likeness (QED) is 0.798. The summed E-state index contributed by atoms with van der Waals surface area (Å²) in [7, 11) is 0. The minimum absolute atomic E-state index is 0.000747. The molecule has 1 aromatic carbocycles. The smallest absolute Gasteiger partial charge is 0.257 e. The van der Waals surface area contributed by atoms with Crippen LogP contribution in [0.2, 0.25) is 0 Å². The third kappa shape index (κ3) is 3.60. The van der Waals surface area contributed by atoms with Gasteiger partial charge >= 0.3 is 0 Å². The van der Waals surface area contributed by atoms with Crippen molar-refractivity contribution in [3.8, 4) is 0 Å². The van der Waals surface area contributed by atoms with Gasteiger partial charge in [0.2, 0.25) is 11.8 Å². The summed E-state index contributed by atoms with van der Waals surface area (Å²) in [6, 6.07) is 8.97. The van der Waals surface area contributed by atoms with Crippen LogP contribution in [0.4, 0.5) is 22.9 Å². The Balaban J connectivity index is 1.32. The highest BCUT2D eigenvalue weighted by molar-refractivity contribution is 6.07. The van der Waals surface area contributed by atoms with Gasteiger partial charge in [-0.05, 0) is 55.5 Å². The Bertz CT molecular complexity index is 1020. The summed E-state index contributed by atoms with van der Waals surface area (Å²) in [6.07, 6.45) is 5.25. The minimum Gasteiger partial charge on any atom is -0.359 e. The van der Waals surface area contributed by atoms with Crippen LogP contribution < -0.4 is 20.4 Å². The molecule has 5 rings (SSSR count). The fourth-order valence-electron chi connectivity index (χ4n) is 3.92. The first-order valence-corrected chi connectivity index (χ1v) is 10.3. The number of aromatic nitrogens is 1.